The Morgan fingerprint density at radius 1 is 1.00 bits per heavy atom. The number of halogens is 1. The van der Waals surface area contributed by atoms with Gasteiger partial charge in [0.15, 0.2) is 0 Å². The first-order valence-corrected chi connectivity index (χ1v) is 15.1. The number of hydrogen-bond acceptors (Lipinski definition) is 5. The standard InChI is InChI=1S/C33H42ClN5O3/c1-4-7-29-33(42)39(19-18-38(29)32(41)28(35)21-23-11-14-27(34)15-12-23)30(31(40)36-16-17-37(2)3)22-24-10-13-25-8-5-6-9-26(25)20-24/h5-6,8-15,20,28-30H,4,7,16-19,21-22,35H2,1-3H3,(H,36,40)/t28?,29-,30?/m0/s1. The molecule has 3 atom stereocenters. The number of fused-ring (bicyclic) bond motifs is 1. The molecule has 0 spiro atoms. The number of nitrogens with two attached hydrogens (primary N) is 1. The number of nitrogens with one attached hydrogen (secondary N) is 1. The lowest BCUT2D eigenvalue weighted by molar-refractivity contribution is -0.156. The molecule has 1 saturated heterocycles. The van der Waals surface area contributed by atoms with Crippen LogP contribution in [0.15, 0.2) is 66.7 Å². The first-order valence-electron chi connectivity index (χ1n) is 14.7. The van der Waals surface area contributed by atoms with Crippen LogP contribution in [0.5, 0.6) is 0 Å². The second-order valence-electron chi connectivity index (χ2n) is 11.3. The number of hydrogen-bond donors (Lipinski definition) is 2. The largest absolute Gasteiger partial charge is 0.353 e. The molecule has 1 heterocycles. The summed E-state index contributed by atoms with van der Waals surface area (Å²) in [4.78, 5) is 46.5. The van der Waals surface area contributed by atoms with E-state index in [1.165, 1.54) is 0 Å². The highest BCUT2D eigenvalue weighted by molar-refractivity contribution is 6.30. The summed E-state index contributed by atoms with van der Waals surface area (Å²) in [7, 11) is 3.90. The van der Waals surface area contributed by atoms with E-state index in [4.69, 9.17) is 17.3 Å². The molecular formula is C33H42ClN5O3. The van der Waals surface area contributed by atoms with Crippen molar-refractivity contribution in [3.8, 4) is 0 Å². The number of nitrogens with zero attached hydrogens (tertiary/aromatic N) is 3. The van der Waals surface area contributed by atoms with Crippen molar-refractivity contribution in [3.63, 3.8) is 0 Å². The lowest BCUT2D eigenvalue weighted by Crippen LogP contribution is -2.65. The molecule has 1 aliphatic rings. The van der Waals surface area contributed by atoms with Crippen molar-refractivity contribution in [1.82, 2.24) is 20.0 Å². The third-order valence-corrected chi connectivity index (χ3v) is 8.09. The van der Waals surface area contributed by atoms with Gasteiger partial charge in [0, 0.05) is 37.6 Å². The number of benzene rings is 3. The van der Waals surface area contributed by atoms with Crippen molar-refractivity contribution >= 4 is 40.1 Å². The van der Waals surface area contributed by atoms with Crippen LogP contribution in [0.2, 0.25) is 5.02 Å². The number of amides is 3. The van der Waals surface area contributed by atoms with E-state index in [0.29, 0.717) is 50.3 Å². The van der Waals surface area contributed by atoms with E-state index >= 15 is 0 Å². The summed E-state index contributed by atoms with van der Waals surface area (Å²) in [5, 5.41) is 5.86. The molecule has 224 valence electrons. The predicted molar refractivity (Wildman–Crippen MR) is 168 cm³/mol. The summed E-state index contributed by atoms with van der Waals surface area (Å²) in [6.45, 7) is 3.74. The molecule has 42 heavy (non-hydrogen) atoms. The summed E-state index contributed by atoms with van der Waals surface area (Å²) in [6, 6.07) is 19.4. The van der Waals surface area contributed by atoms with Crippen molar-refractivity contribution in [2.45, 2.75) is 50.7 Å². The maximum atomic E-state index is 14.1. The van der Waals surface area contributed by atoms with E-state index in [2.05, 4.69) is 17.4 Å². The Bertz CT molecular complexity index is 1380. The van der Waals surface area contributed by atoms with Crippen LogP contribution in [0.25, 0.3) is 10.8 Å². The highest BCUT2D eigenvalue weighted by Gasteiger charge is 2.42. The maximum absolute atomic E-state index is 14.1. The lowest BCUT2D eigenvalue weighted by Gasteiger charge is -2.44. The van der Waals surface area contributed by atoms with Crippen molar-refractivity contribution < 1.29 is 14.4 Å². The molecule has 1 fully saturated rings. The van der Waals surface area contributed by atoms with Gasteiger partial charge in [-0.25, -0.2) is 0 Å². The minimum absolute atomic E-state index is 0.187. The Kier molecular flexibility index (Phi) is 11.0. The monoisotopic (exact) mass is 591 g/mol. The van der Waals surface area contributed by atoms with Crippen LogP contribution in [0.1, 0.15) is 30.9 Å². The normalized spacial score (nSPS) is 17.0. The fourth-order valence-electron chi connectivity index (χ4n) is 5.56. The van der Waals surface area contributed by atoms with Crippen molar-refractivity contribution in [2.24, 2.45) is 5.73 Å². The highest BCUT2D eigenvalue weighted by atomic mass is 35.5. The van der Waals surface area contributed by atoms with E-state index in [-0.39, 0.29) is 24.3 Å². The molecule has 4 rings (SSSR count). The SMILES string of the molecule is CCC[C@H]1C(=O)N(C(Cc2ccc3ccccc3c2)C(=O)NCCN(C)C)CCN1C(=O)C(N)Cc1ccc(Cl)cc1. The highest BCUT2D eigenvalue weighted by Crippen LogP contribution is 2.24. The smallest absolute Gasteiger partial charge is 0.246 e. The van der Waals surface area contributed by atoms with Crippen LogP contribution in [0.4, 0.5) is 0 Å². The first-order chi connectivity index (χ1) is 20.2. The number of carbonyl (C=O) groups excluding carboxylic acids is 3. The molecule has 8 nitrogen and oxygen atoms in total. The summed E-state index contributed by atoms with van der Waals surface area (Å²) in [5.41, 5.74) is 8.26. The van der Waals surface area contributed by atoms with Gasteiger partial charge in [-0.3, -0.25) is 14.4 Å². The number of rotatable bonds is 12. The quantitative estimate of drug-likeness (QED) is 0.336. The number of likely N-dealkylation sites (N-methyl/N-ethyl adjacent to an activating group) is 1. The predicted octanol–water partition coefficient (Wildman–Crippen LogP) is 3.49. The van der Waals surface area contributed by atoms with Crippen molar-refractivity contribution in [2.75, 3.05) is 40.3 Å². The van der Waals surface area contributed by atoms with Crippen LogP contribution in [0, 0.1) is 0 Å². The zero-order valence-corrected chi connectivity index (χ0v) is 25.5. The summed E-state index contributed by atoms with van der Waals surface area (Å²) in [6.07, 6.45) is 1.94. The number of piperazine rings is 1. The maximum Gasteiger partial charge on any atom is 0.246 e. The van der Waals surface area contributed by atoms with Gasteiger partial charge in [-0.2, -0.15) is 0 Å². The molecule has 0 aromatic heterocycles. The minimum atomic E-state index is -0.785. The molecule has 0 saturated carbocycles. The lowest BCUT2D eigenvalue weighted by atomic mass is 9.96. The Hall–Kier alpha value is -3.46. The van der Waals surface area contributed by atoms with Crippen LogP contribution in [-0.4, -0.2) is 90.8 Å². The van der Waals surface area contributed by atoms with Gasteiger partial charge in [0.25, 0.3) is 0 Å². The molecule has 3 aromatic rings. The Morgan fingerprint density at radius 2 is 1.69 bits per heavy atom. The van der Waals surface area contributed by atoms with Crippen LogP contribution in [0.3, 0.4) is 0 Å². The zero-order valence-electron chi connectivity index (χ0n) is 24.8. The molecule has 1 aliphatic heterocycles. The van der Waals surface area contributed by atoms with E-state index in [1.807, 2.05) is 68.4 Å². The second kappa shape index (κ2) is 14.6. The van der Waals surface area contributed by atoms with Gasteiger partial charge in [-0.1, -0.05) is 79.5 Å². The average molecular weight is 592 g/mol. The molecule has 0 radical (unpaired) electrons. The van der Waals surface area contributed by atoms with Crippen molar-refractivity contribution in [3.05, 3.63) is 82.9 Å². The van der Waals surface area contributed by atoms with Gasteiger partial charge >= 0.3 is 0 Å². The average Bonchev–Trinajstić information content (AvgIpc) is 2.97. The van der Waals surface area contributed by atoms with Gasteiger partial charge in [0.1, 0.15) is 12.1 Å². The van der Waals surface area contributed by atoms with Gasteiger partial charge in [0.05, 0.1) is 6.04 Å². The third-order valence-electron chi connectivity index (χ3n) is 7.84. The van der Waals surface area contributed by atoms with Gasteiger partial charge in [-0.15, -0.1) is 0 Å². The Balaban J connectivity index is 1.55. The third kappa shape index (κ3) is 7.88. The molecule has 0 aliphatic carbocycles. The zero-order chi connectivity index (χ0) is 30.2. The summed E-state index contributed by atoms with van der Waals surface area (Å²) in [5.74, 6) is -0.644. The number of carbonyl (C=O) groups is 3. The summed E-state index contributed by atoms with van der Waals surface area (Å²) < 4.78 is 0. The molecule has 0 bridgehead atoms. The Morgan fingerprint density at radius 3 is 2.38 bits per heavy atom. The van der Waals surface area contributed by atoms with Crippen LogP contribution in [-0.2, 0) is 27.2 Å². The molecular weight excluding hydrogens is 550 g/mol. The first kappa shape index (κ1) is 31.5. The fourth-order valence-corrected chi connectivity index (χ4v) is 5.69. The van der Waals surface area contributed by atoms with Crippen LogP contribution >= 0.6 is 11.6 Å². The van der Waals surface area contributed by atoms with Crippen molar-refractivity contribution in [1.29, 1.82) is 0 Å². The molecule has 3 N–H and O–H groups in total. The van der Waals surface area contributed by atoms with Crippen LogP contribution < -0.4 is 11.1 Å². The second-order valence-corrected chi connectivity index (χ2v) is 11.7. The van der Waals surface area contributed by atoms with Gasteiger partial charge < -0.3 is 25.8 Å². The molecule has 3 aromatic carbocycles. The van der Waals surface area contributed by atoms with Gasteiger partial charge in [-0.05, 0) is 61.0 Å². The topological polar surface area (TPSA) is 99.0 Å². The molecule has 2 unspecified atom stereocenters. The van der Waals surface area contributed by atoms with E-state index in [9.17, 15) is 14.4 Å². The molecule has 3 amide bonds. The minimum Gasteiger partial charge on any atom is -0.353 e. The molecule has 9 heteroatoms. The Labute approximate surface area is 253 Å². The summed E-state index contributed by atoms with van der Waals surface area (Å²) >= 11 is 6.00. The van der Waals surface area contributed by atoms with E-state index in [1.54, 1.807) is 21.9 Å². The van der Waals surface area contributed by atoms with E-state index < -0.39 is 18.1 Å². The fraction of sp³-hybridized carbons (Fsp3) is 0.424. The van der Waals surface area contributed by atoms with E-state index in [0.717, 1.165) is 21.9 Å². The van der Waals surface area contributed by atoms with Gasteiger partial charge in [0.2, 0.25) is 17.7 Å².